The van der Waals surface area contributed by atoms with E-state index in [4.69, 9.17) is 5.11 Å². The van der Waals surface area contributed by atoms with Gasteiger partial charge in [0.05, 0.1) is 15.9 Å². The summed E-state index contributed by atoms with van der Waals surface area (Å²) in [5.41, 5.74) is 0.212. The van der Waals surface area contributed by atoms with Crippen molar-refractivity contribution in [3.63, 3.8) is 0 Å². The van der Waals surface area contributed by atoms with E-state index in [2.05, 4.69) is 4.98 Å². The lowest BCUT2D eigenvalue weighted by atomic mass is 10.2. The standard InChI is InChI=1S/C7H5F2I2NO/c8-6(9)4-1-3(2-13)12-7(11)5(4)10/h1,6,13H,2H2. The SMILES string of the molecule is OCc1cc(C(F)F)c(I)c(I)n1. The fraction of sp³-hybridized carbons (Fsp3) is 0.286. The molecule has 0 aliphatic carbocycles. The molecule has 1 aromatic rings. The highest BCUT2D eigenvalue weighted by Crippen LogP contribution is 2.27. The number of aliphatic hydroxyl groups is 1. The maximum atomic E-state index is 12.4. The molecule has 0 unspecified atom stereocenters. The lowest BCUT2D eigenvalue weighted by molar-refractivity contribution is 0.149. The van der Waals surface area contributed by atoms with Crippen LogP contribution in [0.2, 0.25) is 0 Å². The van der Waals surface area contributed by atoms with Crippen molar-refractivity contribution in [2.75, 3.05) is 0 Å². The third kappa shape index (κ3) is 2.69. The van der Waals surface area contributed by atoms with Gasteiger partial charge in [0.2, 0.25) is 0 Å². The minimum atomic E-state index is -2.52. The van der Waals surface area contributed by atoms with E-state index in [-0.39, 0.29) is 17.9 Å². The summed E-state index contributed by atoms with van der Waals surface area (Å²) in [6.45, 7) is -0.313. The third-order valence-electron chi connectivity index (χ3n) is 1.40. The van der Waals surface area contributed by atoms with Gasteiger partial charge in [-0.15, -0.1) is 0 Å². The van der Waals surface area contributed by atoms with Gasteiger partial charge < -0.3 is 5.11 Å². The van der Waals surface area contributed by atoms with Crippen LogP contribution in [-0.2, 0) is 6.61 Å². The smallest absolute Gasteiger partial charge is 0.265 e. The molecular formula is C7H5F2I2NO. The van der Waals surface area contributed by atoms with E-state index >= 15 is 0 Å². The molecule has 0 aromatic carbocycles. The van der Waals surface area contributed by atoms with Gasteiger partial charge in [0.25, 0.3) is 6.43 Å². The van der Waals surface area contributed by atoms with Crippen LogP contribution in [0.3, 0.4) is 0 Å². The first-order valence-electron chi connectivity index (χ1n) is 3.30. The maximum absolute atomic E-state index is 12.4. The fourth-order valence-corrected chi connectivity index (χ4v) is 1.94. The van der Waals surface area contributed by atoms with E-state index in [0.29, 0.717) is 7.27 Å². The Hall–Kier alpha value is 0.430. The zero-order valence-electron chi connectivity index (χ0n) is 6.27. The van der Waals surface area contributed by atoms with Gasteiger partial charge in [-0.1, -0.05) is 0 Å². The van der Waals surface area contributed by atoms with Crippen LogP contribution >= 0.6 is 45.2 Å². The van der Waals surface area contributed by atoms with Crippen LogP contribution in [0.1, 0.15) is 17.7 Å². The van der Waals surface area contributed by atoms with Gasteiger partial charge in [0, 0.05) is 5.56 Å². The van der Waals surface area contributed by atoms with Gasteiger partial charge in [-0.25, -0.2) is 13.8 Å². The Bertz CT molecular complexity index is 320. The highest BCUT2D eigenvalue weighted by Gasteiger charge is 2.15. The lowest BCUT2D eigenvalue weighted by Gasteiger charge is -2.06. The molecule has 1 aromatic heterocycles. The summed E-state index contributed by atoms with van der Waals surface area (Å²) < 4.78 is 25.8. The quantitative estimate of drug-likeness (QED) is 0.600. The van der Waals surface area contributed by atoms with Crippen LogP contribution in [0.5, 0.6) is 0 Å². The summed E-state index contributed by atoms with van der Waals surface area (Å²) in [7, 11) is 0. The first kappa shape index (κ1) is 11.5. The van der Waals surface area contributed by atoms with E-state index in [1.165, 1.54) is 6.07 Å². The molecule has 0 radical (unpaired) electrons. The van der Waals surface area contributed by atoms with Crippen molar-refractivity contribution < 1.29 is 13.9 Å². The molecule has 72 valence electrons. The summed E-state index contributed by atoms with van der Waals surface area (Å²) in [5.74, 6) is 0. The minimum absolute atomic E-state index is 0.0657. The fourth-order valence-electron chi connectivity index (χ4n) is 0.809. The predicted octanol–water partition coefficient (Wildman–Crippen LogP) is 2.72. The van der Waals surface area contributed by atoms with Gasteiger partial charge >= 0.3 is 0 Å². The molecule has 0 bridgehead atoms. The number of hydrogen-bond acceptors (Lipinski definition) is 2. The molecule has 6 heteroatoms. The van der Waals surface area contributed by atoms with E-state index in [1.54, 1.807) is 0 Å². The molecule has 0 saturated heterocycles. The third-order valence-corrected chi connectivity index (χ3v) is 4.34. The maximum Gasteiger partial charge on any atom is 0.265 e. The molecule has 1 rings (SSSR count). The Morgan fingerprint density at radius 3 is 2.54 bits per heavy atom. The summed E-state index contributed by atoms with van der Waals surface area (Å²) in [5, 5.41) is 8.75. The van der Waals surface area contributed by atoms with Crippen molar-refractivity contribution in [2.45, 2.75) is 13.0 Å². The Balaban J connectivity index is 3.25. The number of hydrogen-bond donors (Lipinski definition) is 1. The number of aliphatic hydroxyl groups excluding tert-OH is 1. The highest BCUT2D eigenvalue weighted by molar-refractivity contribution is 14.1. The molecule has 0 amide bonds. The van der Waals surface area contributed by atoms with Gasteiger partial charge in [-0.3, -0.25) is 0 Å². The molecule has 1 heterocycles. The molecule has 0 aliphatic rings. The second kappa shape index (κ2) is 4.78. The van der Waals surface area contributed by atoms with Crippen molar-refractivity contribution in [1.29, 1.82) is 0 Å². The monoisotopic (exact) mass is 411 g/mol. The number of pyridine rings is 1. The number of aromatic nitrogens is 1. The second-order valence-electron chi connectivity index (χ2n) is 2.27. The van der Waals surface area contributed by atoms with Crippen LogP contribution in [0.25, 0.3) is 0 Å². The molecule has 13 heavy (non-hydrogen) atoms. The van der Waals surface area contributed by atoms with Crippen LogP contribution in [0.15, 0.2) is 6.07 Å². The Morgan fingerprint density at radius 1 is 1.46 bits per heavy atom. The predicted molar refractivity (Wildman–Crippen MR) is 60.6 cm³/mol. The second-order valence-corrected chi connectivity index (χ2v) is 4.37. The van der Waals surface area contributed by atoms with Crippen LogP contribution < -0.4 is 0 Å². The molecule has 0 saturated carbocycles. The topological polar surface area (TPSA) is 33.1 Å². The molecular weight excluding hydrogens is 406 g/mol. The molecule has 0 fully saturated rings. The molecule has 0 atom stereocenters. The minimum Gasteiger partial charge on any atom is -0.390 e. The average molecular weight is 411 g/mol. The van der Waals surface area contributed by atoms with Gasteiger partial charge in [0.1, 0.15) is 3.70 Å². The first-order valence-corrected chi connectivity index (χ1v) is 5.45. The van der Waals surface area contributed by atoms with Gasteiger partial charge in [0.15, 0.2) is 0 Å². The number of halogens is 4. The van der Waals surface area contributed by atoms with Crippen LogP contribution in [0, 0.1) is 7.27 Å². The van der Waals surface area contributed by atoms with Gasteiger partial charge in [-0.2, -0.15) is 0 Å². The molecule has 1 N–H and O–H groups in total. The van der Waals surface area contributed by atoms with Crippen molar-refractivity contribution in [3.05, 3.63) is 24.6 Å². The van der Waals surface area contributed by atoms with Gasteiger partial charge in [-0.05, 0) is 51.2 Å². The molecule has 0 aliphatic heterocycles. The highest BCUT2D eigenvalue weighted by atomic mass is 127. The Labute approximate surface area is 101 Å². The van der Waals surface area contributed by atoms with E-state index < -0.39 is 6.43 Å². The molecule has 0 spiro atoms. The number of rotatable bonds is 2. The largest absolute Gasteiger partial charge is 0.390 e. The van der Waals surface area contributed by atoms with Crippen LogP contribution in [-0.4, -0.2) is 10.1 Å². The van der Waals surface area contributed by atoms with Crippen molar-refractivity contribution >= 4 is 45.2 Å². The first-order chi connectivity index (χ1) is 6.06. The van der Waals surface area contributed by atoms with E-state index in [9.17, 15) is 8.78 Å². The summed E-state index contributed by atoms with van der Waals surface area (Å²) in [6.07, 6.45) is -2.52. The lowest BCUT2D eigenvalue weighted by Crippen LogP contribution is -2.00. The number of alkyl halides is 2. The zero-order valence-corrected chi connectivity index (χ0v) is 10.6. The average Bonchev–Trinajstić information content (AvgIpc) is 2.09. The Morgan fingerprint density at radius 2 is 2.08 bits per heavy atom. The van der Waals surface area contributed by atoms with Crippen molar-refractivity contribution in [2.24, 2.45) is 0 Å². The number of nitrogens with zero attached hydrogens (tertiary/aromatic N) is 1. The summed E-state index contributed by atoms with van der Waals surface area (Å²) in [6, 6.07) is 1.23. The zero-order chi connectivity index (χ0) is 10.0. The van der Waals surface area contributed by atoms with Crippen LogP contribution in [0.4, 0.5) is 8.78 Å². The summed E-state index contributed by atoms with van der Waals surface area (Å²) in [4.78, 5) is 3.93. The molecule has 2 nitrogen and oxygen atoms in total. The normalized spacial score (nSPS) is 10.9. The summed E-state index contributed by atoms with van der Waals surface area (Å²) >= 11 is 3.69. The van der Waals surface area contributed by atoms with E-state index in [0.717, 1.165) is 0 Å². The Kier molecular flexibility index (Phi) is 4.23. The van der Waals surface area contributed by atoms with Crippen molar-refractivity contribution in [1.82, 2.24) is 4.98 Å². The van der Waals surface area contributed by atoms with E-state index in [1.807, 2.05) is 45.2 Å². The van der Waals surface area contributed by atoms with Crippen molar-refractivity contribution in [3.8, 4) is 0 Å².